The molecule has 3 aromatic carbocycles. The van der Waals surface area contributed by atoms with Crippen molar-refractivity contribution in [1.29, 1.82) is 0 Å². The number of para-hydroxylation sites is 3. The van der Waals surface area contributed by atoms with Gasteiger partial charge in [-0.25, -0.2) is 28.8 Å². The SMILES string of the molecule is CC#CCOC(=O)Cl.CC#CCOC(=O)N1CCC(N2CCC3(CCN(C(=O)N(C)C)c4ccccc43)CC2)CC1.CN(C)C(=O)N1CCC2(CCN(C3CCN(C(=O)OC(C)(C)C)CC3)CC2)c2ccccc21.CN(C)C(=O)N1CCC2(CCN(C3CCNCC3)CC2)c2ccccc21. The Balaban J connectivity index is 0.000000167. The second-order valence-corrected chi connectivity index (χ2v) is 30.4. The van der Waals surface area contributed by atoms with Crippen molar-refractivity contribution in [2.75, 3.05) is 168 Å². The summed E-state index contributed by atoms with van der Waals surface area (Å²) < 4.78 is 15.0. The van der Waals surface area contributed by atoms with Gasteiger partial charge in [0.1, 0.15) is 5.60 Å². The van der Waals surface area contributed by atoms with E-state index in [0.29, 0.717) is 12.1 Å². The fourth-order valence-corrected chi connectivity index (χ4v) is 16.9. The predicted octanol–water partition coefficient (Wildman–Crippen LogP) is 11.9. The van der Waals surface area contributed by atoms with Crippen molar-refractivity contribution >= 4 is 64.4 Å². The summed E-state index contributed by atoms with van der Waals surface area (Å²) >= 11 is 4.78. The molecule has 100 heavy (non-hydrogen) atoms. The monoisotopic (exact) mass is 1400 g/mol. The van der Waals surface area contributed by atoms with Crippen LogP contribution in [-0.2, 0) is 30.5 Å². The maximum Gasteiger partial charge on any atom is 0.410 e. The average molecular weight is 1400 g/mol. The normalized spacial score (nSPS) is 20.6. The van der Waals surface area contributed by atoms with Gasteiger partial charge in [0.05, 0.1) is 0 Å². The molecule has 8 amide bonds. The lowest BCUT2D eigenvalue weighted by molar-refractivity contribution is 0.0106. The summed E-state index contributed by atoms with van der Waals surface area (Å²) in [6.45, 7) is 23.8. The molecular formula is C78H113ClN12O9. The van der Waals surface area contributed by atoms with Gasteiger partial charge in [0.15, 0.2) is 13.2 Å². The molecule has 12 rings (SSSR count). The van der Waals surface area contributed by atoms with E-state index in [1.807, 2.05) is 99.7 Å². The maximum atomic E-state index is 12.7. The van der Waals surface area contributed by atoms with Gasteiger partial charge < -0.3 is 58.7 Å². The standard InChI is InChI=1S/C26H40N4O3.C26H36N4O3.C21H32N4O.C5H5ClO2/c1-25(2,3)33-24(32)29-15-10-20(11-16-29)28-17-12-26(13-18-28)14-19-30(23(31)27(4)5)22-9-7-6-8-21(22)26;1-4-5-20-33-25(32)29-15-10-21(11-16-29)28-17-12-26(13-18-28)14-19-30(24(31)27(2)3)23-9-7-6-8-22(23)26;1-23(2)20(26)25-16-11-21(18-5-3-4-6-19(18)25)9-14-24(15-10-21)17-7-12-22-13-8-17;1-2-3-4-8-5(6)7/h6-9,20H,10-19H2,1-5H3;6-9,21H,10-20H2,1-3H3;3-6,17,22H,7-16H2,1-2H3;4H2,1H3. The number of nitrogens with one attached hydrogen (secondary N) is 1. The molecule has 3 spiro atoms. The van der Waals surface area contributed by atoms with Gasteiger partial charge in [0, 0.05) is 151 Å². The van der Waals surface area contributed by atoms with Gasteiger partial charge in [-0.2, -0.15) is 0 Å². The zero-order valence-corrected chi connectivity index (χ0v) is 62.5. The molecule has 21 nitrogen and oxygen atoms in total. The van der Waals surface area contributed by atoms with E-state index in [0.717, 1.165) is 179 Å². The summed E-state index contributed by atoms with van der Waals surface area (Å²) in [6.07, 6.45) is 16.2. The zero-order valence-electron chi connectivity index (χ0n) is 61.8. The number of piperidine rings is 6. The number of rotatable bonds is 5. The van der Waals surface area contributed by atoms with Gasteiger partial charge >= 0.3 is 35.7 Å². The molecule has 9 heterocycles. The van der Waals surface area contributed by atoms with E-state index >= 15 is 0 Å². The van der Waals surface area contributed by atoms with Crippen LogP contribution in [0.3, 0.4) is 0 Å². The Morgan fingerprint density at radius 3 is 1.06 bits per heavy atom. The first-order chi connectivity index (χ1) is 47.9. The highest BCUT2D eigenvalue weighted by Crippen LogP contribution is 2.50. The number of halogens is 1. The fourth-order valence-electron chi connectivity index (χ4n) is 16.8. The molecule has 1 N–H and O–H groups in total. The van der Waals surface area contributed by atoms with E-state index in [2.05, 4.69) is 109 Å². The van der Waals surface area contributed by atoms with Crippen LogP contribution < -0.4 is 20.0 Å². The van der Waals surface area contributed by atoms with E-state index in [4.69, 9.17) is 21.1 Å². The minimum atomic E-state index is -0.812. The number of fused-ring (bicyclic) bond motifs is 6. The summed E-state index contributed by atoms with van der Waals surface area (Å²) in [5.74, 6) is 10.6. The molecule has 0 atom stereocenters. The predicted molar refractivity (Wildman–Crippen MR) is 397 cm³/mol. The van der Waals surface area contributed by atoms with Crippen molar-refractivity contribution in [3.63, 3.8) is 0 Å². The lowest BCUT2D eigenvalue weighted by Crippen LogP contribution is -2.54. The van der Waals surface area contributed by atoms with Gasteiger partial charge in [0.25, 0.3) is 0 Å². The third-order valence-electron chi connectivity index (χ3n) is 22.4. The number of amides is 8. The Morgan fingerprint density at radius 1 is 0.450 bits per heavy atom. The highest BCUT2D eigenvalue weighted by Gasteiger charge is 2.48. The van der Waals surface area contributed by atoms with Crippen LogP contribution in [0.15, 0.2) is 72.8 Å². The fraction of sp³-hybridized carbons (Fsp3) is 0.641. The van der Waals surface area contributed by atoms with Crippen LogP contribution in [-0.4, -0.2) is 252 Å². The number of nitrogens with zero attached hydrogens (tertiary/aromatic N) is 11. The Hall–Kier alpha value is -7.27. The molecule has 546 valence electrons. The number of benzene rings is 3. The lowest BCUT2D eigenvalue weighted by Gasteiger charge is -2.50. The van der Waals surface area contributed by atoms with Crippen LogP contribution in [0.25, 0.3) is 0 Å². The second-order valence-electron chi connectivity index (χ2n) is 30.1. The van der Waals surface area contributed by atoms with Crippen LogP contribution in [0.1, 0.15) is 148 Å². The Bertz CT molecular complexity index is 3380. The first-order valence-electron chi connectivity index (χ1n) is 36.6. The molecule has 0 aliphatic carbocycles. The summed E-state index contributed by atoms with van der Waals surface area (Å²) in [5.41, 5.74) is 6.67. The largest absolute Gasteiger partial charge is 0.444 e. The zero-order chi connectivity index (χ0) is 71.8. The summed E-state index contributed by atoms with van der Waals surface area (Å²) in [6, 6.07) is 27.6. The van der Waals surface area contributed by atoms with Crippen LogP contribution in [0, 0.1) is 23.7 Å². The van der Waals surface area contributed by atoms with E-state index < -0.39 is 11.0 Å². The van der Waals surface area contributed by atoms with Gasteiger partial charge in [-0.05, 0) is 218 Å². The highest BCUT2D eigenvalue weighted by molar-refractivity contribution is 6.61. The smallest absolute Gasteiger partial charge is 0.410 e. The number of ether oxygens (including phenoxy) is 3. The van der Waals surface area contributed by atoms with Gasteiger partial charge in [-0.1, -0.05) is 66.4 Å². The van der Waals surface area contributed by atoms with Crippen LogP contribution in [0.2, 0.25) is 0 Å². The second kappa shape index (κ2) is 35.1. The minimum absolute atomic E-state index is 0.0572. The van der Waals surface area contributed by atoms with E-state index in [1.165, 1.54) is 55.5 Å². The Kier molecular flexibility index (Phi) is 27.0. The topological polar surface area (TPSA) is 178 Å². The molecule has 0 unspecified atom stereocenters. The van der Waals surface area contributed by atoms with E-state index in [-0.39, 0.29) is 59.7 Å². The van der Waals surface area contributed by atoms with Crippen LogP contribution >= 0.6 is 11.6 Å². The quantitative estimate of drug-likeness (QED) is 0.145. The highest BCUT2D eigenvalue weighted by atomic mass is 35.5. The Labute approximate surface area is 601 Å². The molecule has 0 bridgehead atoms. The van der Waals surface area contributed by atoms with E-state index in [1.54, 1.807) is 28.5 Å². The molecule has 0 aromatic heterocycles. The van der Waals surface area contributed by atoms with Crippen molar-refractivity contribution < 1.29 is 43.0 Å². The first kappa shape index (κ1) is 76.9. The third kappa shape index (κ3) is 18.9. The Morgan fingerprint density at radius 2 is 0.750 bits per heavy atom. The molecule has 0 radical (unpaired) electrons. The number of carbonyl (C=O) groups is 6. The number of carbonyl (C=O) groups excluding carboxylic acids is 6. The molecule has 6 saturated heterocycles. The maximum absolute atomic E-state index is 12.7. The number of hydrogen-bond donors (Lipinski definition) is 1. The summed E-state index contributed by atoms with van der Waals surface area (Å²) in [5, 5.41) is 3.48. The number of likely N-dealkylation sites (tertiary alicyclic amines) is 5. The molecule has 9 aliphatic heterocycles. The third-order valence-corrected chi connectivity index (χ3v) is 22.5. The van der Waals surface area contributed by atoms with E-state index in [9.17, 15) is 28.8 Å². The summed E-state index contributed by atoms with van der Waals surface area (Å²) in [4.78, 5) is 95.0. The van der Waals surface area contributed by atoms with Crippen molar-refractivity contribution in [1.82, 2.24) is 44.5 Å². The number of anilines is 3. The molecule has 0 saturated carbocycles. The molecule has 9 aliphatic rings. The number of urea groups is 3. The lowest BCUT2D eigenvalue weighted by atomic mass is 9.67. The van der Waals surface area contributed by atoms with Crippen molar-refractivity contribution in [3.8, 4) is 23.7 Å². The van der Waals surface area contributed by atoms with Gasteiger partial charge in [-0.3, -0.25) is 14.7 Å². The van der Waals surface area contributed by atoms with Crippen LogP contribution in [0.5, 0.6) is 0 Å². The number of hydrogen-bond acceptors (Lipinski definition) is 13. The molecule has 6 fully saturated rings. The summed E-state index contributed by atoms with van der Waals surface area (Å²) in [7, 11) is 11.0. The van der Waals surface area contributed by atoms with Gasteiger partial charge in [-0.15, -0.1) is 11.8 Å². The van der Waals surface area contributed by atoms with Crippen molar-refractivity contribution in [2.45, 2.75) is 171 Å². The molecular weight excluding hydrogens is 1280 g/mol. The van der Waals surface area contributed by atoms with Crippen molar-refractivity contribution in [2.24, 2.45) is 0 Å². The van der Waals surface area contributed by atoms with Crippen LogP contribution in [0.4, 0.5) is 45.8 Å². The molecule has 22 heteroatoms. The van der Waals surface area contributed by atoms with Gasteiger partial charge in [0.2, 0.25) is 0 Å². The minimum Gasteiger partial charge on any atom is -0.444 e. The van der Waals surface area contributed by atoms with Crippen molar-refractivity contribution in [3.05, 3.63) is 89.5 Å². The molecule has 3 aromatic rings. The average Bonchev–Trinajstić information content (AvgIpc) is 0.761. The first-order valence-corrected chi connectivity index (χ1v) is 37.0.